The quantitative estimate of drug-likeness (QED) is 0.370. The molecule has 3 nitrogen and oxygen atoms in total. The van der Waals surface area contributed by atoms with Gasteiger partial charge >= 0.3 is 0 Å². The lowest BCUT2D eigenvalue weighted by Crippen LogP contribution is -1.93. The highest BCUT2D eigenvalue weighted by Crippen LogP contribution is 2.19. The van der Waals surface area contributed by atoms with Gasteiger partial charge in [0, 0.05) is 11.8 Å². The van der Waals surface area contributed by atoms with Gasteiger partial charge in [-0.1, -0.05) is 0 Å². The summed E-state index contributed by atoms with van der Waals surface area (Å²) < 4.78 is 1.64. The lowest BCUT2D eigenvalue weighted by atomic mass is 10.2. The predicted octanol–water partition coefficient (Wildman–Crippen LogP) is 1.29. The van der Waals surface area contributed by atoms with Crippen molar-refractivity contribution in [2.45, 2.75) is 6.54 Å². The van der Waals surface area contributed by atoms with Crippen molar-refractivity contribution >= 4 is 22.1 Å². The van der Waals surface area contributed by atoms with Crippen LogP contribution < -0.4 is 0 Å². The fourth-order valence-corrected chi connectivity index (χ4v) is 1.59. The van der Waals surface area contributed by atoms with E-state index in [1.807, 2.05) is 6.07 Å². The Hall–Kier alpha value is -0.900. The zero-order valence-electron chi connectivity index (χ0n) is 5.62. The maximum atomic E-state index is 10.9. The smallest absolute Gasteiger partial charge is 0.185 e. The van der Waals surface area contributed by atoms with Gasteiger partial charge in [0.25, 0.3) is 0 Å². The van der Waals surface area contributed by atoms with Crippen molar-refractivity contribution in [3.05, 3.63) is 33.2 Å². The minimum absolute atomic E-state index is 0.441. The van der Waals surface area contributed by atoms with Crippen LogP contribution in [0.1, 0.15) is 11.1 Å². The van der Waals surface area contributed by atoms with E-state index < -0.39 is 0 Å². The SMILES string of the molecule is [O-][N+]1=Cc2c(ccnc2Br)C1. The number of nitrogens with zero attached hydrogens (tertiary/aromatic N) is 2. The summed E-state index contributed by atoms with van der Waals surface area (Å²) >= 11 is 3.27. The van der Waals surface area contributed by atoms with Crippen LogP contribution in [0, 0.1) is 5.21 Å². The number of aromatic nitrogens is 1. The number of hydrogen-bond donors (Lipinski definition) is 0. The molecule has 0 aromatic carbocycles. The Balaban J connectivity index is 2.61. The van der Waals surface area contributed by atoms with Gasteiger partial charge in [-0.25, -0.2) is 9.72 Å². The van der Waals surface area contributed by atoms with E-state index in [1.54, 1.807) is 12.4 Å². The summed E-state index contributed by atoms with van der Waals surface area (Å²) in [6.07, 6.45) is 3.24. The molecule has 0 unspecified atom stereocenters. The maximum Gasteiger partial charge on any atom is 0.185 e. The first-order valence-corrected chi connectivity index (χ1v) is 3.99. The molecular weight excluding hydrogens is 208 g/mol. The van der Waals surface area contributed by atoms with E-state index in [-0.39, 0.29) is 0 Å². The van der Waals surface area contributed by atoms with Gasteiger partial charge in [-0.15, -0.1) is 0 Å². The minimum atomic E-state index is 0.441. The van der Waals surface area contributed by atoms with E-state index in [0.29, 0.717) is 6.54 Å². The van der Waals surface area contributed by atoms with E-state index >= 15 is 0 Å². The third kappa shape index (κ3) is 1.03. The largest absolute Gasteiger partial charge is 0.624 e. The van der Waals surface area contributed by atoms with Gasteiger partial charge in [0.1, 0.15) is 4.60 Å². The minimum Gasteiger partial charge on any atom is -0.624 e. The highest BCUT2D eigenvalue weighted by molar-refractivity contribution is 9.10. The Bertz CT molecular complexity index is 335. The van der Waals surface area contributed by atoms with Gasteiger partial charge in [0.05, 0.1) is 5.56 Å². The summed E-state index contributed by atoms with van der Waals surface area (Å²) in [6, 6.07) is 1.86. The van der Waals surface area contributed by atoms with Crippen LogP contribution in [0.25, 0.3) is 0 Å². The van der Waals surface area contributed by atoms with E-state index in [1.165, 1.54) is 0 Å². The number of hydroxylamine groups is 1. The second-order valence-corrected chi connectivity index (χ2v) is 3.13. The monoisotopic (exact) mass is 212 g/mol. The lowest BCUT2D eigenvalue weighted by molar-refractivity contribution is -0.464. The third-order valence-electron chi connectivity index (χ3n) is 1.63. The molecule has 1 aliphatic heterocycles. The fraction of sp³-hybridized carbons (Fsp3) is 0.143. The summed E-state index contributed by atoms with van der Waals surface area (Å²) in [6.45, 7) is 0.441. The molecule has 1 aliphatic rings. The van der Waals surface area contributed by atoms with Crippen LogP contribution >= 0.6 is 15.9 Å². The first-order valence-electron chi connectivity index (χ1n) is 3.19. The van der Waals surface area contributed by atoms with Crippen molar-refractivity contribution in [3.8, 4) is 0 Å². The van der Waals surface area contributed by atoms with Crippen LogP contribution in [-0.2, 0) is 6.54 Å². The first-order chi connectivity index (χ1) is 5.27. The molecule has 1 aromatic rings. The molecule has 0 bridgehead atoms. The van der Waals surface area contributed by atoms with Crippen LogP contribution in [0.15, 0.2) is 16.9 Å². The zero-order valence-corrected chi connectivity index (χ0v) is 7.21. The van der Waals surface area contributed by atoms with Gasteiger partial charge in [-0.3, -0.25) is 0 Å². The Morgan fingerprint density at radius 1 is 1.64 bits per heavy atom. The van der Waals surface area contributed by atoms with Crippen molar-refractivity contribution in [3.63, 3.8) is 0 Å². The summed E-state index contributed by atoms with van der Waals surface area (Å²) in [7, 11) is 0. The lowest BCUT2D eigenvalue weighted by Gasteiger charge is -1.94. The molecule has 11 heavy (non-hydrogen) atoms. The average Bonchev–Trinajstić information content (AvgIpc) is 2.31. The van der Waals surface area contributed by atoms with Gasteiger partial charge < -0.3 is 5.21 Å². The standard InChI is InChI=1S/C7H5BrN2O/c8-7-6-4-10(11)3-5(6)1-2-9-7/h1-2,4H,3H2. The normalized spacial score (nSPS) is 14.5. The molecular formula is C7H5BrN2O. The average molecular weight is 213 g/mol. The molecule has 2 rings (SSSR count). The molecule has 0 saturated carbocycles. The van der Waals surface area contributed by atoms with Gasteiger partial charge in [-0.05, 0) is 22.0 Å². The summed E-state index contributed by atoms with van der Waals surface area (Å²) in [5.41, 5.74) is 1.93. The number of pyridine rings is 1. The molecule has 0 aliphatic carbocycles. The Morgan fingerprint density at radius 3 is 3.18 bits per heavy atom. The molecule has 1 aromatic heterocycles. The van der Waals surface area contributed by atoms with E-state index in [9.17, 15) is 5.21 Å². The summed E-state index contributed by atoms with van der Waals surface area (Å²) in [4.78, 5) is 4.01. The molecule has 0 radical (unpaired) electrons. The molecule has 0 spiro atoms. The summed E-state index contributed by atoms with van der Waals surface area (Å²) in [5, 5.41) is 10.9. The second kappa shape index (κ2) is 2.30. The number of fused-ring (bicyclic) bond motifs is 1. The molecule has 0 N–H and O–H groups in total. The predicted molar refractivity (Wildman–Crippen MR) is 44.4 cm³/mol. The highest BCUT2D eigenvalue weighted by atomic mass is 79.9. The van der Waals surface area contributed by atoms with Crippen molar-refractivity contribution in [1.29, 1.82) is 0 Å². The van der Waals surface area contributed by atoms with Crippen LogP contribution in [0.5, 0.6) is 0 Å². The van der Waals surface area contributed by atoms with Crippen molar-refractivity contribution < 1.29 is 4.74 Å². The third-order valence-corrected chi connectivity index (χ3v) is 2.26. The topological polar surface area (TPSA) is 39.0 Å². The second-order valence-electron chi connectivity index (χ2n) is 2.38. The number of halogens is 1. The summed E-state index contributed by atoms with van der Waals surface area (Å²) in [5.74, 6) is 0. The molecule has 56 valence electrons. The molecule has 0 atom stereocenters. The van der Waals surface area contributed by atoms with Crippen LogP contribution in [0.2, 0.25) is 0 Å². The van der Waals surface area contributed by atoms with Crippen molar-refractivity contribution in [2.24, 2.45) is 0 Å². The zero-order chi connectivity index (χ0) is 7.84. The van der Waals surface area contributed by atoms with Gasteiger partial charge in [0.2, 0.25) is 0 Å². The van der Waals surface area contributed by atoms with Gasteiger partial charge in [0.15, 0.2) is 12.8 Å². The highest BCUT2D eigenvalue weighted by Gasteiger charge is 2.17. The molecule has 0 amide bonds. The number of hydrogen-bond acceptors (Lipinski definition) is 2. The van der Waals surface area contributed by atoms with Crippen molar-refractivity contribution in [1.82, 2.24) is 4.98 Å². The van der Waals surface area contributed by atoms with Crippen LogP contribution in [-0.4, -0.2) is 15.9 Å². The van der Waals surface area contributed by atoms with E-state index in [4.69, 9.17) is 0 Å². The molecule has 0 saturated heterocycles. The maximum absolute atomic E-state index is 10.9. The van der Waals surface area contributed by atoms with Gasteiger partial charge in [-0.2, -0.15) is 0 Å². The Labute approximate surface area is 72.1 Å². The first kappa shape index (κ1) is 6.79. The van der Waals surface area contributed by atoms with E-state index in [0.717, 1.165) is 20.5 Å². The van der Waals surface area contributed by atoms with E-state index in [2.05, 4.69) is 20.9 Å². The molecule has 2 heterocycles. The fourth-order valence-electron chi connectivity index (χ4n) is 1.12. The number of rotatable bonds is 0. The Kier molecular flexibility index (Phi) is 1.42. The van der Waals surface area contributed by atoms with Crippen molar-refractivity contribution in [2.75, 3.05) is 0 Å². The molecule has 4 heteroatoms. The molecule has 0 fully saturated rings. The van der Waals surface area contributed by atoms with Crippen LogP contribution in [0.4, 0.5) is 0 Å². The van der Waals surface area contributed by atoms with Crippen LogP contribution in [0.3, 0.4) is 0 Å². The Morgan fingerprint density at radius 2 is 2.45 bits per heavy atom.